The molecule has 1 heterocycles. The third-order valence-corrected chi connectivity index (χ3v) is 8.26. The summed E-state index contributed by atoms with van der Waals surface area (Å²) in [6.45, 7) is 6.61. The lowest BCUT2D eigenvalue weighted by Crippen LogP contribution is -2.27. The maximum absolute atomic E-state index is 15.2. The van der Waals surface area contributed by atoms with Crippen molar-refractivity contribution in [3.63, 3.8) is 0 Å². The van der Waals surface area contributed by atoms with Crippen LogP contribution in [0.25, 0.3) is 22.3 Å². The van der Waals surface area contributed by atoms with Crippen molar-refractivity contribution in [1.29, 1.82) is 0 Å². The first-order chi connectivity index (χ1) is 23.0. The molecule has 0 saturated carbocycles. The molecule has 0 aliphatic carbocycles. The highest BCUT2D eigenvalue weighted by molar-refractivity contribution is 5.66. The Morgan fingerprint density at radius 1 is 0.771 bits per heavy atom. The Labute approximate surface area is 275 Å². The highest BCUT2D eigenvalue weighted by Crippen LogP contribution is 2.39. The molecule has 4 aromatic carbocycles. The summed E-state index contributed by atoms with van der Waals surface area (Å²) >= 11 is 0. The highest BCUT2D eigenvalue weighted by Gasteiger charge is 2.41. The number of hydrogen-bond donors (Lipinski definition) is 0. The number of rotatable bonds is 13. The summed E-state index contributed by atoms with van der Waals surface area (Å²) in [5.74, 6) is -6.33. The molecule has 254 valence electrons. The van der Waals surface area contributed by atoms with E-state index < -0.39 is 52.8 Å². The van der Waals surface area contributed by atoms with Gasteiger partial charge in [0.2, 0.25) is 0 Å². The predicted octanol–water partition coefficient (Wildman–Crippen LogP) is 11.2. The molecule has 0 spiro atoms. The lowest BCUT2D eigenvalue weighted by atomic mass is 9.99. The van der Waals surface area contributed by atoms with E-state index in [4.69, 9.17) is 9.47 Å². The van der Waals surface area contributed by atoms with Crippen LogP contribution in [0.4, 0.5) is 30.7 Å². The van der Waals surface area contributed by atoms with E-state index in [1.54, 1.807) is 6.08 Å². The Bertz CT molecular complexity index is 1730. The van der Waals surface area contributed by atoms with Gasteiger partial charge in [0.1, 0.15) is 40.4 Å². The Morgan fingerprint density at radius 2 is 1.42 bits per heavy atom. The molecule has 0 bridgehead atoms. The number of hydrogen-bond acceptors (Lipinski definition) is 3. The average Bonchev–Trinajstić information content (AvgIpc) is 3.04. The number of unbranched alkanes of at least 4 members (excludes halogenated alkanes) is 2. The van der Waals surface area contributed by atoms with Crippen molar-refractivity contribution in [3.8, 4) is 28.0 Å². The van der Waals surface area contributed by atoms with Gasteiger partial charge in [0.05, 0.1) is 13.2 Å². The topological polar surface area (TPSA) is 27.7 Å². The van der Waals surface area contributed by atoms with Crippen molar-refractivity contribution in [1.82, 2.24) is 0 Å². The quantitative estimate of drug-likeness (QED) is 0.0804. The number of allylic oxidation sites excluding steroid dienone is 1. The van der Waals surface area contributed by atoms with Crippen LogP contribution in [-0.2, 0) is 22.0 Å². The van der Waals surface area contributed by atoms with Crippen LogP contribution in [0.2, 0.25) is 0 Å². The van der Waals surface area contributed by atoms with Gasteiger partial charge in [-0.25, -0.2) is 22.0 Å². The molecule has 1 fully saturated rings. The number of aryl methyl sites for hydroxylation is 1. The lowest BCUT2D eigenvalue weighted by molar-refractivity contribution is -0.206. The van der Waals surface area contributed by atoms with Crippen LogP contribution in [0.15, 0.2) is 79.4 Å². The zero-order valence-electron chi connectivity index (χ0n) is 26.3. The van der Waals surface area contributed by atoms with Gasteiger partial charge in [-0.2, -0.15) is 8.78 Å². The predicted molar refractivity (Wildman–Crippen MR) is 169 cm³/mol. The Morgan fingerprint density at radius 3 is 2.04 bits per heavy atom. The van der Waals surface area contributed by atoms with Crippen LogP contribution < -0.4 is 4.74 Å². The third-order valence-electron chi connectivity index (χ3n) is 8.26. The minimum atomic E-state index is -4.58. The van der Waals surface area contributed by atoms with Gasteiger partial charge in [-0.1, -0.05) is 56.5 Å². The Kier molecular flexibility index (Phi) is 11.3. The van der Waals surface area contributed by atoms with E-state index in [-0.39, 0.29) is 28.2 Å². The summed E-state index contributed by atoms with van der Waals surface area (Å²) in [5, 5.41) is 0. The second-order valence-corrected chi connectivity index (χ2v) is 11.8. The second-order valence-electron chi connectivity index (χ2n) is 11.8. The minimum Gasteiger partial charge on any atom is -0.429 e. The van der Waals surface area contributed by atoms with Crippen molar-refractivity contribution in [2.75, 3.05) is 13.2 Å². The van der Waals surface area contributed by atoms with Crippen molar-refractivity contribution in [2.24, 2.45) is 5.92 Å². The van der Waals surface area contributed by atoms with E-state index in [1.807, 2.05) is 0 Å². The summed E-state index contributed by atoms with van der Waals surface area (Å²) in [5.41, 5.74) is -1.46. The van der Waals surface area contributed by atoms with E-state index in [0.717, 1.165) is 49.9 Å². The monoisotopic (exact) mass is 672 g/mol. The standard InChI is InChI=1S/C38H35F7O3/c1-3-5-7-8-23-21-46-37(47-22-23)26-12-14-30(32(40)17-26)27-18-34(42)36(35(43)19-27)38(44,45)48-28-13-15-29(33(41)20-28)25-11-10-24(9-6-4-2)31(39)16-25/h4,10-20,23,37H,2-3,5-9,21-22H2,1H3. The summed E-state index contributed by atoms with van der Waals surface area (Å²) < 4.78 is 121. The lowest BCUT2D eigenvalue weighted by Gasteiger charge is -2.29. The Balaban J connectivity index is 1.29. The molecule has 10 heteroatoms. The van der Waals surface area contributed by atoms with Crippen molar-refractivity contribution in [2.45, 2.75) is 57.8 Å². The first-order valence-corrected chi connectivity index (χ1v) is 15.8. The molecule has 4 aromatic rings. The maximum atomic E-state index is 15.2. The van der Waals surface area contributed by atoms with Crippen LogP contribution in [0, 0.1) is 35.0 Å². The minimum absolute atomic E-state index is 0.0946. The first-order valence-electron chi connectivity index (χ1n) is 15.8. The van der Waals surface area contributed by atoms with Crippen LogP contribution in [0.1, 0.15) is 62.0 Å². The molecular formula is C38H35F7O3. The fourth-order valence-corrected chi connectivity index (χ4v) is 5.67. The van der Waals surface area contributed by atoms with Gasteiger partial charge in [-0.15, -0.1) is 6.58 Å². The zero-order valence-corrected chi connectivity index (χ0v) is 26.3. The molecule has 5 rings (SSSR count). The highest BCUT2D eigenvalue weighted by atomic mass is 19.3. The fraction of sp³-hybridized carbons (Fsp3) is 0.316. The number of ether oxygens (including phenoxy) is 3. The van der Waals surface area contributed by atoms with Gasteiger partial charge >= 0.3 is 6.11 Å². The molecule has 0 atom stereocenters. The molecule has 0 N–H and O–H groups in total. The Hall–Kier alpha value is -4.15. The van der Waals surface area contributed by atoms with Crippen LogP contribution >= 0.6 is 0 Å². The molecule has 3 nitrogen and oxygen atoms in total. The number of alkyl halides is 2. The van der Waals surface area contributed by atoms with E-state index in [9.17, 15) is 8.78 Å². The summed E-state index contributed by atoms with van der Waals surface area (Å²) in [6, 6.07) is 11.8. The van der Waals surface area contributed by atoms with E-state index in [2.05, 4.69) is 18.2 Å². The van der Waals surface area contributed by atoms with Crippen molar-refractivity contribution < 1.29 is 44.9 Å². The molecule has 48 heavy (non-hydrogen) atoms. The van der Waals surface area contributed by atoms with Gasteiger partial charge < -0.3 is 14.2 Å². The third kappa shape index (κ3) is 8.10. The van der Waals surface area contributed by atoms with Crippen LogP contribution in [-0.4, -0.2) is 13.2 Å². The fourth-order valence-electron chi connectivity index (χ4n) is 5.67. The van der Waals surface area contributed by atoms with Gasteiger partial charge in [0.25, 0.3) is 0 Å². The average molecular weight is 673 g/mol. The van der Waals surface area contributed by atoms with Crippen molar-refractivity contribution >= 4 is 0 Å². The van der Waals surface area contributed by atoms with Crippen LogP contribution in [0.3, 0.4) is 0 Å². The molecule has 1 aliphatic rings. The zero-order chi connectivity index (χ0) is 34.4. The van der Waals surface area contributed by atoms with E-state index >= 15 is 22.0 Å². The SMILES string of the molecule is C=CCCc1ccc(-c2ccc(OC(F)(F)c3c(F)cc(-c4ccc(C5OCC(CCCCC)CO5)cc4F)cc3F)cc2F)cc1F. The summed E-state index contributed by atoms with van der Waals surface area (Å²) in [4.78, 5) is 0. The smallest absolute Gasteiger partial charge is 0.429 e. The van der Waals surface area contributed by atoms with Gasteiger partial charge in [-0.3, -0.25) is 0 Å². The van der Waals surface area contributed by atoms with Gasteiger partial charge in [0, 0.05) is 28.7 Å². The number of halogens is 7. The van der Waals surface area contributed by atoms with Crippen molar-refractivity contribution in [3.05, 3.63) is 125 Å². The van der Waals surface area contributed by atoms with Gasteiger partial charge in [0.15, 0.2) is 6.29 Å². The van der Waals surface area contributed by atoms with Gasteiger partial charge in [-0.05, 0) is 72.4 Å². The molecule has 0 amide bonds. The number of benzene rings is 4. The normalized spacial score (nSPS) is 16.6. The summed E-state index contributed by atoms with van der Waals surface area (Å²) in [6.07, 6.45) is 1.44. The molecule has 0 radical (unpaired) electrons. The molecule has 1 saturated heterocycles. The molecule has 0 unspecified atom stereocenters. The largest absolute Gasteiger partial charge is 0.432 e. The maximum Gasteiger partial charge on any atom is 0.432 e. The molecular weight excluding hydrogens is 637 g/mol. The molecule has 1 aliphatic heterocycles. The second kappa shape index (κ2) is 15.4. The van der Waals surface area contributed by atoms with Crippen LogP contribution in [0.5, 0.6) is 5.75 Å². The summed E-state index contributed by atoms with van der Waals surface area (Å²) in [7, 11) is 0. The first kappa shape index (κ1) is 35.2. The molecule has 0 aromatic heterocycles. The van der Waals surface area contributed by atoms with E-state index in [1.165, 1.54) is 24.3 Å². The van der Waals surface area contributed by atoms with E-state index in [0.29, 0.717) is 55.4 Å².